The molecule has 0 N–H and O–H groups in total. The number of rotatable bonds is 6. The summed E-state index contributed by atoms with van der Waals surface area (Å²) in [6.07, 6.45) is 1.45. The number of aryl methyl sites for hydroxylation is 1. The van der Waals surface area contributed by atoms with E-state index in [-0.39, 0.29) is 11.2 Å². The summed E-state index contributed by atoms with van der Waals surface area (Å²) in [6.45, 7) is 0. The molecule has 2 nitrogen and oxygen atoms in total. The van der Waals surface area contributed by atoms with Gasteiger partial charge in [0.2, 0.25) is 0 Å². The van der Waals surface area contributed by atoms with Crippen LogP contribution >= 0.6 is 11.6 Å². The molecule has 0 saturated carbocycles. The van der Waals surface area contributed by atoms with Crippen molar-refractivity contribution in [2.24, 2.45) is 0 Å². The molecule has 0 aliphatic rings. The highest BCUT2D eigenvalue weighted by atomic mass is 35.5. The van der Waals surface area contributed by atoms with Crippen LogP contribution in [0.4, 0.5) is 4.39 Å². The summed E-state index contributed by atoms with van der Waals surface area (Å²) in [4.78, 5) is 0. The first-order chi connectivity index (χ1) is 10.1. The molecule has 112 valence electrons. The minimum absolute atomic E-state index is 0.330. The van der Waals surface area contributed by atoms with Gasteiger partial charge in [0, 0.05) is 11.6 Å². The fourth-order valence-electron chi connectivity index (χ4n) is 2.13. The molecule has 0 aliphatic heterocycles. The van der Waals surface area contributed by atoms with E-state index in [9.17, 15) is 4.39 Å². The van der Waals surface area contributed by atoms with Gasteiger partial charge in [0.15, 0.2) is 0 Å². The molecule has 21 heavy (non-hydrogen) atoms. The summed E-state index contributed by atoms with van der Waals surface area (Å²) in [6, 6.07) is 12.6. The molecule has 0 bridgehead atoms. The number of methoxy groups -OCH3 is 2. The van der Waals surface area contributed by atoms with Crippen LogP contribution in [0.1, 0.15) is 22.9 Å². The van der Waals surface area contributed by atoms with Gasteiger partial charge in [-0.2, -0.15) is 0 Å². The molecular formula is C17H18ClFO2. The van der Waals surface area contributed by atoms with Crippen molar-refractivity contribution in [1.82, 2.24) is 0 Å². The molecule has 0 heterocycles. The SMILES string of the molecule is COc1ccc(CCC(Cl)c2ccc(OC)cc2F)cc1. The summed E-state index contributed by atoms with van der Waals surface area (Å²) in [5.41, 5.74) is 1.65. The summed E-state index contributed by atoms with van der Waals surface area (Å²) in [5.74, 6) is 0.988. The summed E-state index contributed by atoms with van der Waals surface area (Å²) in [5, 5.41) is -0.363. The molecule has 0 saturated heterocycles. The van der Waals surface area contributed by atoms with E-state index in [0.717, 1.165) is 17.7 Å². The molecule has 0 fully saturated rings. The van der Waals surface area contributed by atoms with Gasteiger partial charge >= 0.3 is 0 Å². The lowest BCUT2D eigenvalue weighted by molar-refractivity contribution is 0.410. The highest BCUT2D eigenvalue weighted by Crippen LogP contribution is 2.30. The van der Waals surface area contributed by atoms with E-state index in [1.54, 1.807) is 19.2 Å². The Labute approximate surface area is 129 Å². The highest BCUT2D eigenvalue weighted by Gasteiger charge is 2.14. The Morgan fingerprint density at radius 2 is 1.62 bits per heavy atom. The van der Waals surface area contributed by atoms with Crippen molar-refractivity contribution in [3.8, 4) is 11.5 Å². The molecule has 1 atom stereocenters. The molecule has 2 aromatic rings. The zero-order valence-electron chi connectivity index (χ0n) is 12.1. The van der Waals surface area contributed by atoms with Gasteiger partial charge in [-0.05, 0) is 36.6 Å². The zero-order chi connectivity index (χ0) is 15.2. The molecule has 0 aromatic heterocycles. The van der Waals surface area contributed by atoms with Gasteiger partial charge in [-0.3, -0.25) is 0 Å². The molecule has 2 aromatic carbocycles. The van der Waals surface area contributed by atoms with Crippen molar-refractivity contribution in [3.63, 3.8) is 0 Å². The van der Waals surface area contributed by atoms with Crippen molar-refractivity contribution in [2.45, 2.75) is 18.2 Å². The van der Waals surface area contributed by atoms with Crippen LogP contribution < -0.4 is 9.47 Å². The van der Waals surface area contributed by atoms with E-state index >= 15 is 0 Å². The van der Waals surface area contributed by atoms with Crippen LogP contribution in [0.15, 0.2) is 42.5 Å². The maximum absolute atomic E-state index is 13.9. The van der Waals surface area contributed by atoms with Crippen LogP contribution in [0, 0.1) is 5.82 Å². The molecule has 4 heteroatoms. The normalized spacial score (nSPS) is 12.0. The third kappa shape index (κ3) is 4.11. The monoisotopic (exact) mass is 308 g/mol. The molecule has 0 radical (unpaired) electrons. The van der Waals surface area contributed by atoms with Crippen molar-refractivity contribution < 1.29 is 13.9 Å². The molecule has 2 rings (SSSR count). The van der Waals surface area contributed by atoms with Crippen molar-refractivity contribution in [2.75, 3.05) is 14.2 Å². The van der Waals surface area contributed by atoms with Crippen LogP contribution in [-0.2, 0) is 6.42 Å². The van der Waals surface area contributed by atoms with Crippen molar-refractivity contribution >= 4 is 11.6 Å². The minimum atomic E-state index is -0.363. The van der Waals surface area contributed by atoms with Gasteiger partial charge in [-0.15, -0.1) is 11.6 Å². The van der Waals surface area contributed by atoms with Crippen LogP contribution in [0.5, 0.6) is 11.5 Å². The molecular weight excluding hydrogens is 291 g/mol. The Bertz CT molecular complexity index is 584. The van der Waals surface area contributed by atoms with Crippen molar-refractivity contribution in [1.29, 1.82) is 0 Å². The predicted octanol–water partition coefficient (Wildman–Crippen LogP) is 4.76. The lowest BCUT2D eigenvalue weighted by atomic mass is 10.0. The van der Waals surface area contributed by atoms with Crippen LogP contribution in [-0.4, -0.2) is 14.2 Å². The second-order valence-corrected chi connectivity index (χ2v) is 5.27. The van der Waals surface area contributed by atoms with E-state index in [0.29, 0.717) is 17.7 Å². The van der Waals surface area contributed by atoms with E-state index < -0.39 is 0 Å². The van der Waals surface area contributed by atoms with E-state index in [1.807, 2.05) is 24.3 Å². The van der Waals surface area contributed by atoms with Gasteiger partial charge in [0.25, 0.3) is 0 Å². The fraction of sp³-hybridized carbons (Fsp3) is 0.294. The number of ether oxygens (including phenoxy) is 2. The number of halogens is 2. The number of hydrogen-bond donors (Lipinski definition) is 0. The zero-order valence-corrected chi connectivity index (χ0v) is 12.9. The largest absolute Gasteiger partial charge is 0.497 e. The average Bonchev–Trinajstić information content (AvgIpc) is 2.52. The summed E-state index contributed by atoms with van der Waals surface area (Å²) >= 11 is 6.31. The van der Waals surface area contributed by atoms with Gasteiger partial charge in [-0.25, -0.2) is 4.39 Å². The van der Waals surface area contributed by atoms with Crippen molar-refractivity contribution in [3.05, 3.63) is 59.4 Å². The smallest absolute Gasteiger partial charge is 0.131 e. The first-order valence-corrected chi connectivity index (χ1v) is 7.18. The molecule has 0 aliphatic carbocycles. The highest BCUT2D eigenvalue weighted by molar-refractivity contribution is 6.20. The van der Waals surface area contributed by atoms with Crippen LogP contribution in [0.25, 0.3) is 0 Å². The van der Waals surface area contributed by atoms with Gasteiger partial charge in [-0.1, -0.05) is 18.2 Å². The number of hydrogen-bond acceptors (Lipinski definition) is 2. The summed E-state index contributed by atoms with van der Waals surface area (Å²) < 4.78 is 24.0. The second-order valence-electron chi connectivity index (χ2n) is 4.74. The lowest BCUT2D eigenvalue weighted by Gasteiger charge is -2.12. The third-order valence-corrected chi connectivity index (χ3v) is 3.84. The van der Waals surface area contributed by atoms with Gasteiger partial charge in [0.05, 0.1) is 19.6 Å². The second kappa shape index (κ2) is 7.32. The average molecular weight is 309 g/mol. The standard InChI is InChI=1S/C17H18ClFO2/c1-20-13-6-3-12(4-7-13)5-10-16(18)15-9-8-14(21-2)11-17(15)19/h3-4,6-9,11,16H,5,10H2,1-2H3. The quantitative estimate of drug-likeness (QED) is 0.717. The van der Waals surface area contributed by atoms with E-state index in [1.165, 1.54) is 13.2 Å². The number of benzene rings is 2. The molecule has 1 unspecified atom stereocenters. The van der Waals surface area contributed by atoms with Gasteiger partial charge in [0.1, 0.15) is 17.3 Å². The van der Waals surface area contributed by atoms with Crippen LogP contribution in [0.2, 0.25) is 0 Å². The van der Waals surface area contributed by atoms with Gasteiger partial charge < -0.3 is 9.47 Å². The summed E-state index contributed by atoms with van der Waals surface area (Å²) in [7, 11) is 3.15. The Morgan fingerprint density at radius 1 is 1.00 bits per heavy atom. The maximum atomic E-state index is 13.9. The first kappa shape index (κ1) is 15.6. The number of alkyl halides is 1. The Morgan fingerprint density at radius 3 is 2.19 bits per heavy atom. The molecule has 0 amide bonds. The third-order valence-electron chi connectivity index (χ3n) is 3.39. The van der Waals surface area contributed by atoms with E-state index in [2.05, 4.69) is 0 Å². The maximum Gasteiger partial charge on any atom is 0.131 e. The minimum Gasteiger partial charge on any atom is -0.497 e. The lowest BCUT2D eigenvalue weighted by Crippen LogP contribution is -1.98. The molecule has 0 spiro atoms. The predicted molar refractivity (Wildman–Crippen MR) is 82.9 cm³/mol. The Hall–Kier alpha value is -1.74. The first-order valence-electron chi connectivity index (χ1n) is 6.74. The Kier molecular flexibility index (Phi) is 5.45. The Balaban J connectivity index is 1.99. The van der Waals surface area contributed by atoms with E-state index in [4.69, 9.17) is 21.1 Å². The topological polar surface area (TPSA) is 18.5 Å². The fourth-order valence-corrected chi connectivity index (χ4v) is 2.42. The van der Waals surface area contributed by atoms with Crippen LogP contribution in [0.3, 0.4) is 0 Å².